The molecule has 0 bridgehead atoms. The number of hydrogen-bond donors (Lipinski definition) is 2. The summed E-state index contributed by atoms with van der Waals surface area (Å²) >= 11 is 0. The van der Waals surface area contributed by atoms with Crippen LogP contribution in [0.15, 0.2) is 47.3 Å². The highest BCUT2D eigenvalue weighted by atomic mass is 16.3. The zero-order valence-electron chi connectivity index (χ0n) is 10.6. The maximum absolute atomic E-state index is 12.0. The van der Waals surface area contributed by atoms with Gasteiger partial charge in [0.2, 0.25) is 0 Å². The van der Waals surface area contributed by atoms with Gasteiger partial charge < -0.3 is 10.1 Å². The van der Waals surface area contributed by atoms with E-state index in [0.717, 1.165) is 22.2 Å². The largest absolute Gasteiger partial charge is 0.508 e. The third-order valence-electron chi connectivity index (χ3n) is 3.30. The molecule has 0 radical (unpaired) electrons. The van der Waals surface area contributed by atoms with Crippen LogP contribution in [0.1, 0.15) is 11.1 Å². The van der Waals surface area contributed by atoms with Crippen molar-refractivity contribution in [3.05, 3.63) is 64.1 Å². The standard InChI is InChI=1S/C15H14N2O2/c1-10-3-2-4-13-14(10)16-15(19)17(13)9-11-5-7-12(18)8-6-11/h2-8,18H,9H2,1H3,(H,16,19). The minimum absolute atomic E-state index is 0.114. The molecule has 0 fully saturated rings. The van der Waals surface area contributed by atoms with Crippen LogP contribution < -0.4 is 5.69 Å². The van der Waals surface area contributed by atoms with Crippen molar-refractivity contribution in [2.24, 2.45) is 0 Å². The van der Waals surface area contributed by atoms with Gasteiger partial charge in [-0.15, -0.1) is 0 Å². The van der Waals surface area contributed by atoms with Gasteiger partial charge in [-0.05, 0) is 36.2 Å². The Hall–Kier alpha value is -2.49. The van der Waals surface area contributed by atoms with E-state index < -0.39 is 0 Å². The Labute approximate surface area is 109 Å². The molecular weight excluding hydrogens is 240 g/mol. The van der Waals surface area contributed by atoms with E-state index in [1.807, 2.05) is 37.3 Å². The Bertz CT molecular complexity index is 782. The predicted octanol–water partition coefficient (Wildman–Crippen LogP) is 2.39. The van der Waals surface area contributed by atoms with Crippen molar-refractivity contribution in [1.29, 1.82) is 0 Å². The molecule has 3 rings (SSSR count). The average Bonchev–Trinajstić information content (AvgIpc) is 2.71. The molecule has 4 heteroatoms. The summed E-state index contributed by atoms with van der Waals surface area (Å²) in [5.74, 6) is 0.228. The molecule has 0 amide bonds. The molecule has 0 spiro atoms. The summed E-state index contributed by atoms with van der Waals surface area (Å²) < 4.78 is 1.70. The quantitative estimate of drug-likeness (QED) is 0.737. The van der Waals surface area contributed by atoms with Gasteiger partial charge >= 0.3 is 5.69 Å². The maximum Gasteiger partial charge on any atom is 0.326 e. The summed E-state index contributed by atoms with van der Waals surface area (Å²) in [5, 5.41) is 9.27. The smallest absolute Gasteiger partial charge is 0.326 e. The molecule has 3 aromatic rings. The van der Waals surface area contributed by atoms with E-state index in [-0.39, 0.29) is 11.4 Å². The molecule has 1 aromatic heterocycles. The number of imidazole rings is 1. The molecule has 0 atom stereocenters. The lowest BCUT2D eigenvalue weighted by Gasteiger charge is -2.04. The van der Waals surface area contributed by atoms with Gasteiger partial charge in [0.25, 0.3) is 0 Å². The number of fused-ring (bicyclic) bond motifs is 1. The van der Waals surface area contributed by atoms with Gasteiger partial charge in [0.1, 0.15) is 5.75 Å². The Morgan fingerprint density at radius 2 is 1.89 bits per heavy atom. The zero-order chi connectivity index (χ0) is 13.4. The molecule has 4 nitrogen and oxygen atoms in total. The number of phenolic OH excluding ortho intramolecular Hbond substituents is 1. The summed E-state index contributed by atoms with van der Waals surface area (Å²) in [6, 6.07) is 12.7. The number of para-hydroxylation sites is 1. The van der Waals surface area contributed by atoms with Gasteiger partial charge in [-0.2, -0.15) is 0 Å². The monoisotopic (exact) mass is 254 g/mol. The van der Waals surface area contributed by atoms with Crippen molar-refractivity contribution in [2.75, 3.05) is 0 Å². The second kappa shape index (κ2) is 4.31. The number of nitrogens with zero attached hydrogens (tertiary/aromatic N) is 1. The van der Waals surface area contributed by atoms with Crippen molar-refractivity contribution < 1.29 is 5.11 Å². The minimum Gasteiger partial charge on any atom is -0.508 e. The molecule has 0 aliphatic heterocycles. The average molecular weight is 254 g/mol. The van der Waals surface area contributed by atoms with Crippen LogP contribution in [0, 0.1) is 6.92 Å². The molecular formula is C15H14N2O2. The zero-order valence-corrected chi connectivity index (χ0v) is 10.6. The SMILES string of the molecule is Cc1cccc2c1[nH]c(=O)n2Cc1ccc(O)cc1. The number of aryl methyl sites for hydroxylation is 1. The molecule has 96 valence electrons. The number of phenols is 1. The first-order valence-electron chi connectivity index (χ1n) is 6.11. The van der Waals surface area contributed by atoms with E-state index in [1.165, 1.54) is 0 Å². The Morgan fingerprint density at radius 1 is 1.16 bits per heavy atom. The maximum atomic E-state index is 12.0. The highest BCUT2D eigenvalue weighted by Gasteiger charge is 2.08. The van der Waals surface area contributed by atoms with Crippen LogP contribution in [-0.4, -0.2) is 14.7 Å². The van der Waals surface area contributed by atoms with Crippen LogP contribution >= 0.6 is 0 Å². The number of aromatic amines is 1. The van der Waals surface area contributed by atoms with Gasteiger partial charge in [-0.1, -0.05) is 24.3 Å². The molecule has 1 heterocycles. The Morgan fingerprint density at radius 3 is 2.63 bits per heavy atom. The van der Waals surface area contributed by atoms with Crippen LogP contribution in [-0.2, 0) is 6.54 Å². The molecule has 2 aromatic carbocycles. The molecule has 0 saturated heterocycles. The van der Waals surface area contributed by atoms with Gasteiger partial charge in [0, 0.05) is 0 Å². The molecule has 0 saturated carbocycles. The minimum atomic E-state index is -0.114. The predicted molar refractivity (Wildman–Crippen MR) is 74.5 cm³/mol. The van der Waals surface area contributed by atoms with Crippen LogP contribution in [0.3, 0.4) is 0 Å². The van der Waals surface area contributed by atoms with Crippen LogP contribution in [0.2, 0.25) is 0 Å². The van der Waals surface area contributed by atoms with Crippen LogP contribution in [0.5, 0.6) is 5.75 Å². The number of benzene rings is 2. The lowest BCUT2D eigenvalue weighted by atomic mass is 10.2. The topological polar surface area (TPSA) is 58.0 Å². The van der Waals surface area contributed by atoms with Crippen molar-refractivity contribution in [3.63, 3.8) is 0 Å². The number of nitrogens with one attached hydrogen (secondary N) is 1. The summed E-state index contributed by atoms with van der Waals surface area (Å²) in [7, 11) is 0. The van der Waals surface area contributed by atoms with E-state index in [1.54, 1.807) is 16.7 Å². The van der Waals surface area contributed by atoms with E-state index in [2.05, 4.69) is 4.98 Å². The first-order chi connectivity index (χ1) is 9.15. The number of H-pyrrole nitrogens is 1. The number of hydrogen-bond acceptors (Lipinski definition) is 2. The van der Waals surface area contributed by atoms with Gasteiger partial charge in [-0.3, -0.25) is 4.57 Å². The van der Waals surface area contributed by atoms with E-state index in [9.17, 15) is 9.90 Å². The number of aromatic hydroxyl groups is 1. The Balaban J connectivity index is 2.10. The summed E-state index contributed by atoms with van der Waals surface area (Å²) in [6.45, 7) is 2.46. The van der Waals surface area contributed by atoms with Crippen molar-refractivity contribution in [2.45, 2.75) is 13.5 Å². The van der Waals surface area contributed by atoms with E-state index in [0.29, 0.717) is 6.54 Å². The van der Waals surface area contributed by atoms with Crippen LogP contribution in [0.25, 0.3) is 11.0 Å². The second-order valence-corrected chi connectivity index (χ2v) is 4.65. The van der Waals surface area contributed by atoms with Crippen molar-refractivity contribution in [1.82, 2.24) is 9.55 Å². The fraction of sp³-hybridized carbons (Fsp3) is 0.133. The van der Waals surface area contributed by atoms with E-state index in [4.69, 9.17) is 0 Å². The molecule has 2 N–H and O–H groups in total. The van der Waals surface area contributed by atoms with Crippen molar-refractivity contribution >= 4 is 11.0 Å². The van der Waals surface area contributed by atoms with Gasteiger partial charge in [-0.25, -0.2) is 4.79 Å². The third kappa shape index (κ3) is 2.01. The van der Waals surface area contributed by atoms with Crippen LogP contribution in [0.4, 0.5) is 0 Å². The Kier molecular flexibility index (Phi) is 2.63. The lowest BCUT2D eigenvalue weighted by Crippen LogP contribution is -2.17. The van der Waals surface area contributed by atoms with Gasteiger partial charge in [0.15, 0.2) is 0 Å². The van der Waals surface area contributed by atoms with Gasteiger partial charge in [0.05, 0.1) is 17.6 Å². The van der Waals surface area contributed by atoms with Crippen molar-refractivity contribution in [3.8, 4) is 5.75 Å². The lowest BCUT2D eigenvalue weighted by molar-refractivity contribution is 0.475. The summed E-state index contributed by atoms with van der Waals surface area (Å²) in [6.07, 6.45) is 0. The normalized spacial score (nSPS) is 11.0. The summed E-state index contributed by atoms with van der Waals surface area (Å²) in [5.41, 5.74) is 3.70. The first kappa shape index (κ1) is 11.6. The first-order valence-corrected chi connectivity index (χ1v) is 6.11. The molecule has 0 aliphatic rings. The highest BCUT2D eigenvalue weighted by molar-refractivity contribution is 5.78. The number of aromatic nitrogens is 2. The number of rotatable bonds is 2. The second-order valence-electron chi connectivity index (χ2n) is 4.65. The summed E-state index contributed by atoms with van der Waals surface area (Å²) in [4.78, 5) is 14.9. The van der Waals surface area contributed by atoms with E-state index >= 15 is 0 Å². The molecule has 19 heavy (non-hydrogen) atoms. The fourth-order valence-electron chi connectivity index (χ4n) is 2.26. The third-order valence-corrected chi connectivity index (χ3v) is 3.30. The molecule has 0 aliphatic carbocycles. The highest BCUT2D eigenvalue weighted by Crippen LogP contribution is 2.16. The molecule has 0 unspecified atom stereocenters. The fourth-order valence-corrected chi connectivity index (χ4v) is 2.26.